The Labute approximate surface area is 207 Å². The van der Waals surface area contributed by atoms with Crippen LogP contribution in [0.25, 0.3) is 16.6 Å². The number of aryl methyl sites for hydroxylation is 1. The number of amides is 1. The fourth-order valence-corrected chi connectivity index (χ4v) is 4.56. The van der Waals surface area contributed by atoms with Crippen molar-refractivity contribution < 1.29 is 4.79 Å². The van der Waals surface area contributed by atoms with Crippen LogP contribution in [0.3, 0.4) is 0 Å². The molecule has 0 bridgehead atoms. The molecule has 180 valence electrons. The zero-order valence-electron chi connectivity index (χ0n) is 20.8. The van der Waals surface area contributed by atoms with E-state index in [9.17, 15) is 9.59 Å². The third-order valence-corrected chi connectivity index (χ3v) is 6.52. The minimum Gasteiger partial charge on any atom is -0.332 e. The molecular formula is C30H33N3O2. The van der Waals surface area contributed by atoms with Crippen molar-refractivity contribution in [3.8, 4) is 5.69 Å². The molecule has 0 spiro atoms. The smallest absolute Gasteiger partial charge is 0.266 e. The average molecular weight is 468 g/mol. The molecular weight excluding hydrogens is 434 g/mol. The molecule has 0 aliphatic heterocycles. The van der Waals surface area contributed by atoms with Crippen molar-refractivity contribution in [1.82, 2.24) is 14.5 Å². The number of para-hydroxylation sites is 2. The van der Waals surface area contributed by atoms with Gasteiger partial charge in [-0.15, -0.1) is 0 Å². The van der Waals surface area contributed by atoms with E-state index in [1.54, 1.807) is 4.57 Å². The summed E-state index contributed by atoms with van der Waals surface area (Å²) in [7, 11) is 0. The van der Waals surface area contributed by atoms with Crippen molar-refractivity contribution in [3.63, 3.8) is 0 Å². The lowest BCUT2D eigenvalue weighted by molar-refractivity contribution is -0.133. The van der Waals surface area contributed by atoms with E-state index >= 15 is 0 Å². The molecule has 0 aliphatic carbocycles. The molecule has 1 amide bonds. The van der Waals surface area contributed by atoms with E-state index in [1.807, 2.05) is 97.6 Å². The number of nitrogens with zero attached hydrogens (tertiary/aromatic N) is 3. The summed E-state index contributed by atoms with van der Waals surface area (Å²) in [6.07, 6.45) is 3.33. The zero-order chi connectivity index (χ0) is 24.8. The summed E-state index contributed by atoms with van der Waals surface area (Å²) in [5.41, 5.74) is 3.28. The van der Waals surface area contributed by atoms with E-state index in [1.165, 1.54) is 0 Å². The summed E-state index contributed by atoms with van der Waals surface area (Å²) in [6.45, 7) is 6.75. The van der Waals surface area contributed by atoms with Gasteiger partial charge in [-0.1, -0.05) is 80.4 Å². The summed E-state index contributed by atoms with van der Waals surface area (Å²) in [6, 6.07) is 24.7. The van der Waals surface area contributed by atoms with Crippen LogP contribution in [0.5, 0.6) is 0 Å². The van der Waals surface area contributed by atoms with Crippen LogP contribution in [0.4, 0.5) is 0 Å². The normalized spacial score (nSPS) is 12.0. The van der Waals surface area contributed by atoms with Gasteiger partial charge in [0.25, 0.3) is 5.56 Å². The molecule has 1 atom stereocenters. The standard InChI is InChI=1S/C30H33N3O2/c1-4-5-13-20-32(28(34)21-24-15-7-6-8-16-24)23(3)29-31-26-18-11-10-17-25(26)30(35)33(29)27-19-12-9-14-22(27)2/h6-12,14-19,23H,4-5,13,20-21H2,1-3H3. The number of rotatable bonds is 9. The number of unbranched alkanes of at least 4 members (excludes halogenated alkanes) is 2. The average Bonchev–Trinajstić information content (AvgIpc) is 2.87. The third-order valence-electron chi connectivity index (χ3n) is 6.52. The molecule has 0 aliphatic rings. The predicted octanol–water partition coefficient (Wildman–Crippen LogP) is 6.02. The van der Waals surface area contributed by atoms with Crippen molar-refractivity contribution in [1.29, 1.82) is 0 Å². The van der Waals surface area contributed by atoms with E-state index in [4.69, 9.17) is 4.98 Å². The van der Waals surface area contributed by atoms with Crippen molar-refractivity contribution in [3.05, 3.63) is 106 Å². The minimum atomic E-state index is -0.375. The number of benzene rings is 3. The molecule has 0 saturated heterocycles. The molecule has 0 N–H and O–H groups in total. The number of carbonyl (C=O) groups excluding carboxylic acids is 1. The minimum absolute atomic E-state index is 0.0403. The molecule has 1 unspecified atom stereocenters. The van der Waals surface area contributed by atoms with Gasteiger partial charge in [0.15, 0.2) is 0 Å². The van der Waals surface area contributed by atoms with Crippen LogP contribution < -0.4 is 5.56 Å². The molecule has 1 aromatic heterocycles. The van der Waals surface area contributed by atoms with E-state index in [-0.39, 0.29) is 17.5 Å². The number of hydrogen-bond donors (Lipinski definition) is 0. The molecule has 5 nitrogen and oxygen atoms in total. The van der Waals surface area contributed by atoms with E-state index in [2.05, 4.69) is 6.92 Å². The Morgan fingerprint density at radius 3 is 2.37 bits per heavy atom. The summed E-state index contributed by atoms with van der Waals surface area (Å²) in [5.74, 6) is 0.624. The van der Waals surface area contributed by atoms with Crippen LogP contribution in [-0.4, -0.2) is 26.9 Å². The second-order valence-corrected chi connectivity index (χ2v) is 9.05. The summed E-state index contributed by atoms with van der Waals surface area (Å²) < 4.78 is 1.70. The van der Waals surface area contributed by atoms with Crippen molar-refractivity contribution in [2.24, 2.45) is 0 Å². The zero-order valence-corrected chi connectivity index (χ0v) is 20.8. The first-order chi connectivity index (χ1) is 17.0. The van der Waals surface area contributed by atoms with Gasteiger partial charge >= 0.3 is 0 Å². The van der Waals surface area contributed by atoms with Crippen LogP contribution in [0.1, 0.15) is 56.1 Å². The number of hydrogen-bond acceptors (Lipinski definition) is 3. The molecule has 0 fully saturated rings. The highest BCUT2D eigenvalue weighted by atomic mass is 16.2. The maximum atomic E-state index is 13.8. The maximum absolute atomic E-state index is 13.8. The molecule has 35 heavy (non-hydrogen) atoms. The van der Waals surface area contributed by atoms with Gasteiger partial charge in [-0.3, -0.25) is 14.2 Å². The van der Waals surface area contributed by atoms with E-state index in [0.717, 1.165) is 36.1 Å². The molecule has 4 aromatic rings. The van der Waals surface area contributed by atoms with Crippen molar-refractivity contribution in [2.45, 2.75) is 52.5 Å². The van der Waals surface area contributed by atoms with Gasteiger partial charge in [0.05, 0.1) is 29.1 Å². The van der Waals surface area contributed by atoms with Crippen LogP contribution in [0, 0.1) is 6.92 Å². The lowest BCUT2D eigenvalue weighted by Crippen LogP contribution is -2.39. The Morgan fingerprint density at radius 1 is 0.943 bits per heavy atom. The monoisotopic (exact) mass is 467 g/mol. The van der Waals surface area contributed by atoms with Gasteiger partial charge in [-0.2, -0.15) is 0 Å². The Balaban J connectivity index is 1.83. The van der Waals surface area contributed by atoms with Gasteiger partial charge in [-0.25, -0.2) is 4.98 Å². The van der Waals surface area contributed by atoms with Gasteiger partial charge in [0.2, 0.25) is 5.91 Å². The fraction of sp³-hybridized carbons (Fsp3) is 0.300. The summed E-state index contributed by atoms with van der Waals surface area (Å²) >= 11 is 0. The topological polar surface area (TPSA) is 55.2 Å². The Bertz CT molecular complexity index is 1360. The SMILES string of the molecule is CCCCCN(C(=O)Cc1ccccc1)C(C)c1nc2ccccc2c(=O)n1-c1ccccc1C. The quantitative estimate of drug-likeness (QED) is 0.283. The lowest BCUT2D eigenvalue weighted by atomic mass is 10.1. The molecule has 5 heteroatoms. The van der Waals surface area contributed by atoms with Crippen LogP contribution in [0.2, 0.25) is 0 Å². The van der Waals surface area contributed by atoms with Gasteiger partial charge in [0, 0.05) is 6.54 Å². The van der Waals surface area contributed by atoms with Gasteiger partial charge < -0.3 is 4.90 Å². The Morgan fingerprint density at radius 2 is 1.63 bits per heavy atom. The second-order valence-electron chi connectivity index (χ2n) is 9.05. The van der Waals surface area contributed by atoms with E-state index in [0.29, 0.717) is 29.7 Å². The van der Waals surface area contributed by atoms with E-state index < -0.39 is 0 Å². The largest absolute Gasteiger partial charge is 0.332 e. The number of carbonyl (C=O) groups is 1. The van der Waals surface area contributed by atoms with Gasteiger partial charge in [0.1, 0.15) is 5.82 Å². The first-order valence-corrected chi connectivity index (χ1v) is 12.4. The Hall–Kier alpha value is -3.73. The van der Waals surface area contributed by atoms with Crippen LogP contribution >= 0.6 is 0 Å². The first kappa shape index (κ1) is 24.4. The van der Waals surface area contributed by atoms with Crippen LogP contribution in [-0.2, 0) is 11.2 Å². The van der Waals surface area contributed by atoms with Gasteiger partial charge in [-0.05, 0) is 49.6 Å². The second kappa shape index (κ2) is 11.1. The van der Waals surface area contributed by atoms with Crippen molar-refractivity contribution in [2.75, 3.05) is 6.54 Å². The van der Waals surface area contributed by atoms with Crippen molar-refractivity contribution >= 4 is 16.8 Å². The fourth-order valence-electron chi connectivity index (χ4n) is 4.56. The lowest BCUT2D eigenvalue weighted by Gasteiger charge is -2.31. The Kier molecular flexibility index (Phi) is 7.76. The highest BCUT2D eigenvalue weighted by molar-refractivity contribution is 5.80. The first-order valence-electron chi connectivity index (χ1n) is 12.4. The maximum Gasteiger partial charge on any atom is 0.266 e. The molecule has 1 heterocycles. The predicted molar refractivity (Wildman–Crippen MR) is 142 cm³/mol. The molecule has 4 rings (SSSR count). The molecule has 0 saturated carbocycles. The number of aromatic nitrogens is 2. The highest BCUT2D eigenvalue weighted by Gasteiger charge is 2.27. The molecule has 3 aromatic carbocycles. The third kappa shape index (κ3) is 5.35. The highest BCUT2D eigenvalue weighted by Crippen LogP contribution is 2.25. The van der Waals surface area contributed by atoms with Crippen LogP contribution in [0.15, 0.2) is 83.7 Å². The summed E-state index contributed by atoms with van der Waals surface area (Å²) in [5, 5.41) is 0.569. The molecule has 0 radical (unpaired) electrons. The summed E-state index contributed by atoms with van der Waals surface area (Å²) in [4.78, 5) is 34.2. The number of fused-ring (bicyclic) bond motifs is 1.